The van der Waals surface area contributed by atoms with E-state index in [0.717, 1.165) is 5.82 Å². The van der Waals surface area contributed by atoms with Gasteiger partial charge in [0.1, 0.15) is 18.2 Å². The van der Waals surface area contributed by atoms with Crippen LogP contribution in [0.15, 0.2) is 30.6 Å². The van der Waals surface area contributed by atoms with Gasteiger partial charge in [-0.1, -0.05) is 11.6 Å². The highest BCUT2D eigenvalue weighted by Crippen LogP contribution is 2.26. The average Bonchev–Trinajstić information content (AvgIpc) is 3.18. The van der Waals surface area contributed by atoms with Crippen LogP contribution in [0.1, 0.15) is 29.0 Å². The molecule has 0 N–H and O–H groups in total. The fraction of sp³-hybridized carbons (Fsp3) is 0.500. The van der Waals surface area contributed by atoms with Crippen molar-refractivity contribution in [3.63, 3.8) is 0 Å². The van der Waals surface area contributed by atoms with E-state index in [1.165, 1.54) is 14.2 Å². The Hall–Kier alpha value is -2.58. The van der Waals surface area contributed by atoms with Crippen LogP contribution in [-0.4, -0.2) is 77.7 Å². The molecular formula is C22H29ClN4O4. The van der Waals surface area contributed by atoms with Gasteiger partial charge in [-0.25, -0.2) is 4.98 Å². The largest absolute Gasteiger partial charge is 0.496 e. The Bertz CT molecular complexity index is 909. The molecular weight excluding hydrogens is 420 g/mol. The number of imidazole rings is 1. The number of benzene rings is 1. The zero-order valence-electron chi connectivity index (χ0n) is 18.2. The van der Waals surface area contributed by atoms with Crippen molar-refractivity contribution >= 4 is 23.4 Å². The maximum atomic E-state index is 13.0. The number of amides is 2. The van der Waals surface area contributed by atoms with E-state index in [4.69, 9.17) is 21.1 Å². The first-order chi connectivity index (χ1) is 14.9. The summed E-state index contributed by atoms with van der Waals surface area (Å²) in [5, 5.41) is 0.521. The van der Waals surface area contributed by atoms with Crippen LogP contribution < -0.4 is 4.74 Å². The summed E-state index contributed by atoms with van der Waals surface area (Å²) < 4.78 is 12.4. The second kappa shape index (κ2) is 10.6. The third kappa shape index (κ3) is 5.57. The van der Waals surface area contributed by atoms with Crippen molar-refractivity contribution in [3.05, 3.63) is 47.0 Å². The van der Waals surface area contributed by atoms with Crippen LogP contribution in [-0.2, 0) is 16.1 Å². The SMILES string of the molecule is COCC(=O)N(CCn1ccnc1C)C1CCN(C(=O)c2ccc(Cl)cc2OC)CC1. The highest BCUT2D eigenvalue weighted by molar-refractivity contribution is 6.30. The van der Waals surface area contributed by atoms with Gasteiger partial charge < -0.3 is 23.8 Å². The van der Waals surface area contributed by atoms with Crippen molar-refractivity contribution in [3.8, 4) is 5.75 Å². The van der Waals surface area contributed by atoms with Crippen LogP contribution in [0, 0.1) is 6.92 Å². The van der Waals surface area contributed by atoms with Gasteiger partial charge >= 0.3 is 0 Å². The Morgan fingerprint density at radius 2 is 2.00 bits per heavy atom. The molecule has 1 aromatic carbocycles. The van der Waals surface area contributed by atoms with Gasteiger partial charge in [-0.15, -0.1) is 0 Å². The highest BCUT2D eigenvalue weighted by atomic mass is 35.5. The second-order valence-corrected chi connectivity index (χ2v) is 7.99. The molecule has 9 heteroatoms. The molecule has 0 unspecified atom stereocenters. The monoisotopic (exact) mass is 448 g/mol. The molecule has 0 bridgehead atoms. The number of methoxy groups -OCH3 is 2. The number of hydrogen-bond donors (Lipinski definition) is 0. The number of halogens is 1. The van der Waals surface area contributed by atoms with Gasteiger partial charge in [0.05, 0.1) is 12.7 Å². The van der Waals surface area contributed by atoms with Crippen LogP contribution in [0.3, 0.4) is 0 Å². The molecule has 0 radical (unpaired) electrons. The third-order valence-electron chi connectivity index (χ3n) is 5.68. The Balaban J connectivity index is 1.65. The van der Waals surface area contributed by atoms with Crippen LogP contribution in [0.5, 0.6) is 5.75 Å². The molecule has 2 aromatic rings. The quantitative estimate of drug-likeness (QED) is 0.620. The van der Waals surface area contributed by atoms with E-state index >= 15 is 0 Å². The summed E-state index contributed by atoms with van der Waals surface area (Å²) in [5.74, 6) is 1.25. The number of aryl methyl sites for hydroxylation is 1. The lowest BCUT2D eigenvalue weighted by Crippen LogP contribution is -2.50. The van der Waals surface area contributed by atoms with Crippen molar-refractivity contribution in [2.75, 3.05) is 40.5 Å². The minimum absolute atomic E-state index is 0.0376. The molecule has 1 saturated heterocycles. The molecule has 0 saturated carbocycles. The first-order valence-electron chi connectivity index (χ1n) is 10.3. The van der Waals surface area contributed by atoms with E-state index in [1.54, 1.807) is 29.3 Å². The molecule has 1 fully saturated rings. The lowest BCUT2D eigenvalue weighted by atomic mass is 10.0. The number of ether oxygens (including phenoxy) is 2. The van der Waals surface area contributed by atoms with Gasteiger partial charge in [-0.3, -0.25) is 9.59 Å². The fourth-order valence-electron chi connectivity index (χ4n) is 3.97. The molecule has 0 atom stereocenters. The zero-order chi connectivity index (χ0) is 22.4. The van der Waals surface area contributed by atoms with Crippen molar-refractivity contribution in [1.82, 2.24) is 19.4 Å². The summed E-state index contributed by atoms with van der Waals surface area (Å²) in [6.45, 7) is 4.36. The lowest BCUT2D eigenvalue weighted by Gasteiger charge is -2.38. The highest BCUT2D eigenvalue weighted by Gasteiger charge is 2.30. The minimum atomic E-state index is -0.0872. The molecule has 2 amide bonds. The van der Waals surface area contributed by atoms with Gasteiger partial charge in [-0.2, -0.15) is 0 Å². The molecule has 2 heterocycles. The number of carbonyl (C=O) groups is 2. The molecule has 31 heavy (non-hydrogen) atoms. The smallest absolute Gasteiger partial charge is 0.257 e. The summed E-state index contributed by atoms with van der Waals surface area (Å²) in [6.07, 6.45) is 5.08. The van der Waals surface area contributed by atoms with Gasteiger partial charge in [0, 0.05) is 56.7 Å². The van der Waals surface area contributed by atoms with Gasteiger partial charge in [-0.05, 0) is 38.0 Å². The fourth-order valence-corrected chi connectivity index (χ4v) is 4.13. The third-order valence-corrected chi connectivity index (χ3v) is 5.92. The van der Waals surface area contributed by atoms with Gasteiger partial charge in [0.2, 0.25) is 5.91 Å². The van der Waals surface area contributed by atoms with E-state index in [2.05, 4.69) is 4.98 Å². The number of hydrogen-bond acceptors (Lipinski definition) is 5. The first-order valence-corrected chi connectivity index (χ1v) is 10.7. The van der Waals surface area contributed by atoms with E-state index < -0.39 is 0 Å². The molecule has 1 aromatic heterocycles. The summed E-state index contributed by atoms with van der Waals surface area (Å²) in [7, 11) is 3.05. The number of likely N-dealkylation sites (tertiary alicyclic amines) is 1. The van der Waals surface area contributed by atoms with E-state index in [0.29, 0.717) is 55.4 Å². The molecule has 3 rings (SSSR count). The molecule has 1 aliphatic heterocycles. The van der Waals surface area contributed by atoms with Crippen molar-refractivity contribution < 1.29 is 19.1 Å². The Morgan fingerprint density at radius 1 is 1.26 bits per heavy atom. The van der Waals surface area contributed by atoms with Crippen molar-refractivity contribution in [1.29, 1.82) is 0 Å². The standard InChI is InChI=1S/C22H29ClN4O4/c1-16-24-8-11-25(16)12-13-27(21(28)15-30-2)18-6-9-26(10-7-18)22(29)19-5-4-17(23)14-20(19)31-3/h4-5,8,11,14,18H,6-7,9-10,12-13,15H2,1-3H3. The molecule has 168 valence electrons. The molecule has 0 aliphatic carbocycles. The van der Waals surface area contributed by atoms with Gasteiger partial charge in [0.25, 0.3) is 5.91 Å². The number of carbonyl (C=O) groups excluding carboxylic acids is 2. The minimum Gasteiger partial charge on any atom is -0.496 e. The Kier molecular flexibility index (Phi) is 7.92. The Morgan fingerprint density at radius 3 is 2.61 bits per heavy atom. The summed E-state index contributed by atoms with van der Waals surface area (Å²) in [5.41, 5.74) is 0.494. The topological polar surface area (TPSA) is 76.9 Å². The summed E-state index contributed by atoms with van der Waals surface area (Å²) in [6, 6.07) is 5.08. The normalized spacial score (nSPS) is 14.5. The van der Waals surface area contributed by atoms with E-state index in [-0.39, 0.29) is 24.5 Å². The number of piperidine rings is 1. The van der Waals surface area contributed by atoms with Crippen molar-refractivity contribution in [2.45, 2.75) is 32.4 Å². The summed E-state index contributed by atoms with van der Waals surface area (Å²) >= 11 is 6.01. The van der Waals surface area contributed by atoms with E-state index in [1.807, 2.05) is 22.6 Å². The van der Waals surface area contributed by atoms with Gasteiger partial charge in [0.15, 0.2) is 0 Å². The lowest BCUT2D eigenvalue weighted by molar-refractivity contribution is -0.138. The number of nitrogens with zero attached hydrogens (tertiary/aromatic N) is 4. The van der Waals surface area contributed by atoms with Crippen LogP contribution >= 0.6 is 11.6 Å². The Labute approximate surface area is 187 Å². The predicted molar refractivity (Wildman–Crippen MR) is 117 cm³/mol. The second-order valence-electron chi connectivity index (χ2n) is 7.56. The van der Waals surface area contributed by atoms with Crippen molar-refractivity contribution in [2.24, 2.45) is 0 Å². The summed E-state index contributed by atoms with van der Waals surface area (Å²) in [4.78, 5) is 33.6. The molecule has 0 spiro atoms. The maximum absolute atomic E-state index is 13.0. The van der Waals surface area contributed by atoms with E-state index in [9.17, 15) is 9.59 Å². The first kappa shape index (κ1) is 23.1. The predicted octanol–water partition coefficient (Wildman–Crippen LogP) is 2.63. The average molecular weight is 449 g/mol. The number of rotatable bonds is 8. The van der Waals surface area contributed by atoms with Crippen LogP contribution in [0.4, 0.5) is 0 Å². The molecule has 8 nitrogen and oxygen atoms in total. The van der Waals surface area contributed by atoms with Crippen LogP contribution in [0.25, 0.3) is 0 Å². The maximum Gasteiger partial charge on any atom is 0.257 e. The number of aromatic nitrogens is 2. The molecule has 1 aliphatic rings. The zero-order valence-corrected chi connectivity index (χ0v) is 19.0. The van der Waals surface area contributed by atoms with Crippen LogP contribution in [0.2, 0.25) is 5.02 Å².